The summed E-state index contributed by atoms with van der Waals surface area (Å²) in [6.07, 6.45) is 4.13. The number of nitrogens with zero attached hydrogens (tertiary/aromatic N) is 4. The molecule has 0 atom stereocenters. The van der Waals surface area contributed by atoms with Gasteiger partial charge in [0, 0.05) is 18.3 Å². The predicted molar refractivity (Wildman–Crippen MR) is 96.7 cm³/mol. The molecule has 0 aliphatic heterocycles. The number of nitro groups is 1. The maximum absolute atomic E-state index is 11.8. The molecule has 9 nitrogen and oxygen atoms in total. The highest BCUT2D eigenvalue weighted by atomic mass is 16.6. The summed E-state index contributed by atoms with van der Waals surface area (Å²) in [5, 5.41) is 14.5. The van der Waals surface area contributed by atoms with Gasteiger partial charge in [0.25, 0.3) is 11.6 Å². The number of aromatic nitrogens is 2. The Labute approximate surface area is 153 Å². The van der Waals surface area contributed by atoms with Gasteiger partial charge in [0.05, 0.1) is 11.1 Å². The number of hydrazone groups is 1. The summed E-state index contributed by atoms with van der Waals surface area (Å²) < 4.78 is 5.51. The molecule has 0 radical (unpaired) electrons. The lowest BCUT2D eigenvalue weighted by molar-refractivity contribution is -0.385. The second kappa shape index (κ2) is 8.30. The summed E-state index contributed by atoms with van der Waals surface area (Å²) in [5.74, 6) is 0.340. The van der Waals surface area contributed by atoms with E-state index in [1.54, 1.807) is 42.5 Å². The second-order valence-electron chi connectivity index (χ2n) is 5.20. The minimum absolute atomic E-state index is 0.110. The average Bonchev–Trinajstić information content (AvgIpc) is 2.70. The van der Waals surface area contributed by atoms with Crippen LogP contribution < -0.4 is 10.2 Å². The standard InChI is InChI=1S/C18H13N5O4/c24-18(16-3-1-2-10-19-16)22-21-11-13-4-7-15(8-5-13)27-17-9-6-14(12-20-17)23(25)26/h1-12H,(H,22,24)/b21-11+. The van der Waals surface area contributed by atoms with Crippen LogP contribution in [0.25, 0.3) is 0 Å². The third kappa shape index (κ3) is 4.92. The molecule has 0 aliphatic rings. The van der Waals surface area contributed by atoms with Crippen molar-refractivity contribution in [2.45, 2.75) is 0 Å². The lowest BCUT2D eigenvalue weighted by Crippen LogP contribution is -2.18. The Hall–Kier alpha value is -4.14. The summed E-state index contributed by atoms with van der Waals surface area (Å²) >= 11 is 0. The number of amides is 1. The highest BCUT2D eigenvalue weighted by Gasteiger charge is 2.06. The fourth-order valence-electron chi connectivity index (χ4n) is 2.00. The SMILES string of the molecule is O=C(N/N=C/c1ccc(Oc2ccc([N+](=O)[O-])cn2)cc1)c1ccccn1. The molecule has 0 aliphatic carbocycles. The van der Waals surface area contributed by atoms with E-state index in [4.69, 9.17) is 4.74 Å². The normalized spacial score (nSPS) is 10.5. The Balaban J connectivity index is 1.56. The Kier molecular flexibility index (Phi) is 5.43. The number of pyridine rings is 2. The lowest BCUT2D eigenvalue weighted by Gasteiger charge is -2.04. The maximum atomic E-state index is 11.8. The summed E-state index contributed by atoms with van der Waals surface area (Å²) in [4.78, 5) is 29.7. The van der Waals surface area contributed by atoms with Crippen LogP contribution in [0.3, 0.4) is 0 Å². The first-order chi connectivity index (χ1) is 13.1. The zero-order valence-corrected chi connectivity index (χ0v) is 13.9. The molecule has 0 bridgehead atoms. The highest BCUT2D eigenvalue weighted by Crippen LogP contribution is 2.21. The molecule has 1 aromatic carbocycles. The topological polar surface area (TPSA) is 120 Å². The third-order valence-corrected chi connectivity index (χ3v) is 3.31. The predicted octanol–water partition coefficient (Wildman–Crippen LogP) is 2.94. The Morgan fingerprint density at radius 2 is 1.93 bits per heavy atom. The second-order valence-corrected chi connectivity index (χ2v) is 5.20. The number of rotatable bonds is 6. The molecular formula is C18H13N5O4. The van der Waals surface area contributed by atoms with E-state index >= 15 is 0 Å². The molecule has 2 aromatic heterocycles. The minimum Gasteiger partial charge on any atom is -0.439 e. The van der Waals surface area contributed by atoms with Crippen LogP contribution in [-0.2, 0) is 0 Å². The molecule has 0 spiro atoms. The summed E-state index contributed by atoms with van der Waals surface area (Å²) in [5.41, 5.74) is 3.29. The summed E-state index contributed by atoms with van der Waals surface area (Å²) in [6.45, 7) is 0. The monoisotopic (exact) mass is 363 g/mol. The van der Waals surface area contributed by atoms with E-state index in [1.165, 1.54) is 24.5 Å². The zero-order chi connectivity index (χ0) is 19.1. The van der Waals surface area contributed by atoms with E-state index < -0.39 is 10.8 Å². The molecule has 2 heterocycles. The Morgan fingerprint density at radius 3 is 2.56 bits per heavy atom. The van der Waals surface area contributed by atoms with E-state index in [0.717, 1.165) is 11.8 Å². The molecule has 0 saturated heterocycles. The van der Waals surface area contributed by atoms with Crippen molar-refractivity contribution in [1.29, 1.82) is 0 Å². The van der Waals surface area contributed by atoms with Gasteiger partial charge in [0.1, 0.15) is 17.6 Å². The molecule has 9 heteroatoms. The maximum Gasteiger partial charge on any atom is 0.289 e. The molecule has 1 amide bonds. The van der Waals surface area contributed by atoms with Crippen molar-refractivity contribution >= 4 is 17.8 Å². The molecule has 0 unspecified atom stereocenters. The fraction of sp³-hybridized carbons (Fsp3) is 0. The van der Waals surface area contributed by atoms with E-state index in [-0.39, 0.29) is 17.3 Å². The van der Waals surface area contributed by atoms with E-state index in [0.29, 0.717) is 5.75 Å². The van der Waals surface area contributed by atoms with E-state index in [9.17, 15) is 14.9 Å². The number of ether oxygens (including phenoxy) is 1. The largest absolute Gasteiger partial charge is 0.439 e. The molecule has 134 valence electrons. The van der Waals surface area contributed by atoms with Crippen LogP contribution in [0.2, 0.25) is 0 Å². The summed E-state index contributed by atoms with van der Waals surface area (Å²) in [7, 11) is 0. The van der Waals surface area contributed by atoms with E-state index in [1.807, 2.05) is 0 Å². The first kappa shape index (κ1) is 17.7. The van der Waals surface area contributed by atoms with Crippen molar-refractivity contribution in [2.75, 3.05) is 0 Å². The number of hydrogen-bond acceptors (Lipinski definition) is 7. The van der Waals surface area contributed by atoms with Gasteiger partial charge in [-0.25, -0.2) is 10.4 Å². The highest BCUT2D eigenvalue weighted by molar-refractivity contribution is 5.93. The van der Waals surface area contributed by atoms with Crippen LogP contribution in [-0.4, -0.2) is 27.0 Å². The van der Waals surface area contributed by atoms with Gasteiger partial charge in [0.2, 0.25) is 5.88 Å². The van der Waals surface area contributed by atoms with Crippen LogP contribution in [0.4, 0.5) is 5.69 Å². The van der Waals surface area contributed by atoms with Crippen LogP contribution in [0, 0.1) is 10.1 Å². The summed E-state index contributed by atoms with van der Waals surface area (Å²) in [6, 6.07) is 14.6. The fourth-order valence-corrected chi connectivity index (χ4v) is 2.00. The van der Waals surface area contributed by atoms with Gasteiger partial charge in [-0.05, 0) is 42.0 Å². The number of benzene rings is 1. The van der Waals surface area contributed by atoms with E-state index in [2.05, 4.69) is 20.5 Å². The number of carbonyl (C=O) groups excluding carboxylic acids is 1. The van der Waals surface area contributed by atoms with Crippen molar-refractivity contribution < 1.29 is 14.5 Å². The van der Waals surface area contributed by atoms with Gasteiger partial charge in [0.15, 0.2) is 0 Å². The average molecular weight is 363 g/mol. The van der Waals surface area contributed by atoms with Crippen LogP contribution in [0.1, 0.15) is 16.1 Å². The Bertz CT molecular complexity index is 957. The van der Waals surface area contributed by atoms with Crippen LogP contribution >= 0.6 is 0 Å². The molecular weight excluding hydrogens is 350 g/mol. The van der Waals surface area contributed by atoms with Crippen molar-refractivity contribution in [3.05, 3.63) is 88.4 Å². The molecule has 0 fully saturated rings. The van der Waals surface area contributed by atoms with Crippen molar-refractivity contribution in [3.8, 4) is 11.6 Å². The van der Waals surface area contributed by atoms with Gasteiger partial charge in [-0.3, -0.25) is 19.9 Å². The molecule has 27 heavy (non-hydrogen) atoms. The molecule has 0 saturated carbocycles. The smallest absolute Gasteiger partial charge is 0.289 e. The van der Waals surface area contributed by atoms with Gasteiger partial charge >= 0.3 is 0 Å². The first-order valence-electron chi connectivity index (χ1n) is 7.74. The lowest BCUT2D eigenvalue weighted by atomic mass is 10.2. The number of carbonyl (C=O) groups is 1. The Morgan fingerprint density at radius 1 is 1.11 bits per heavy atom. The van der Waals surface area contributed by atoms with Crippen molar-refractivity contribution in [3.63, 3.8) is 0 Å². The third-order valence-electron chi connectivity index (χ3n) is 3.31. The first-order valence-corrected chi connectivity index (χ1v) is 7.74. The molecule has 3 aromatic rings. The minimum atomic E-state index is -0.530. The van der Waals surface area contributed by atoms with Gasteiger partial charge in [-0.15, -0.1) is 0 Å². The van der Waals surface area contributed by atoms with Gasteiger partial charge in [-0.1, -0.05) is 6.07 Å². The zero-order valence-electron chi connectivity index (χ0n) is 13.9. The van der Waals surface area contributed by atoms with Gasteiger partial charge < -0.3 is 4.74 Å². The van der Waals surface area contributed by atoms with Crippen LogP contribution in [0.15, 0.2) is 72.1 Å². The number of hydrogen-bond donors (Lipinski definition) is 1. The van der Waals surface area contributed by atoms with Crippen molar-refractivity contribution in [1.82, 2.24) is 15.4 Å². The number of nitrogens with one attached hydrogen (secondary N) is 1. The molecule has 3 rings (SSSR count). The van der Waals surface area contributed by atoms with Crippen molar-refractivity contribution in [2.24, 2.45) is 5.10 Å². The molecule has 1 N–H and O–H groups in total. The quantitative estimate of drug-likeness (QED) is 0.408. The van der Waals surface area contributed by atoms with Gasteiger partial charge in [-0.2, -0.15) is 5.10 Å². The van der Waals surface area contributed by atoms with Crippen LogP contribution in [0.5, 0.6) is 11.6 Å².